The number of piperidine rings is 1. The van der Waals surface area contributed by atoms with Gasteiger partial charge in [0.1, 0.15) is 6.26 Å². The summed E-state index contributed by atoms with van der Waals surface area (Å²) in [6.07, 6.45) is 4.49. The fourth-order valence-electron chi connectivity index (χ4n) is 2.58. The van der Waals surface area contributed by atoms with Crippen molar-refractivity contribution in [3.05, 3.63) is 29.4 Å². The summed E-state index contributed by atoms with van der Waals surface area (Å²) in [7, 11) is 0. The molecule has 1 saturated heterocycles. The number of nitrogens with zero attached hydrogens (tertiary/aromatic N) is 3. The van der Waals surface area contributed by atoms with Crippen LogP contribution in [0.2, 0.25) is 0 Å². The molecule has 0 aromatic carbocycles. The van der Waals surface area contributed by atoms with Crippen LogP contribution < -0.4 is 5.32 Å². The van der Waals surface area contributed by atoms with Crippen molar-refractivity contribution < 1.29 is 19.1 Å². The third-order valence-electron chi connectivity index (χ3n) is 3.67. The van der Waals surface area contributed by atoms with Crippen LogP contribution in [0.3, 0.4) is 0 Å². The summed E-state index contributed by atoms with van der Waals surface area (Å²) in [4.78, 5) is 33.1. The van der Waals surface area contributed by atoms with Gasteiger partial charge in [0.25, 0.3) is 0 Å². The van der Waals surface area contributed by atoms with Gasteiger partial charge >= 0.3 is 5.97 Å². The second-order valence-electron chi connectivity index (χ2n) is 5.33. The smallest absolute Gasteiger partial charge is 0.357 e. The van der Waals surface area contributed by atoms with Crippen LogP contribution in [-0.4, -0.2) is 44.9 Å². The lowest BCUT2D eigenvalue weighted by Gasteiger charge is -2.30. The average Bonchev–Trinajstić information content (AvgIpc) is 3.19. The van der Waals surface area contributed by atoms with Gasteiger partial charge in [-0.3, -0.25) is 9.69 Å². The second kappa shape index (κ2) is 6.88. The Kier molecular flexibility index (Phi) is 4.68. The molecule has 1 aliphatic heterocycles. The van der Waals surface area contributed by atoms with Crippen molar-refractivity contribution in [1.29, 1.82) is 0 Å². The van der Waals surface area contributed by atoms with Crippen LogP contribution in [0.15, 0.2) is 22.3 Å². The Hall–Kier alpha value is -2.26. The highest BCUT2D eigenvalue weighted by molar-refractivity contribution is 7.13. The third-order valence-corrected chi connectivity index (χ3v) is 4.36. The van der Waals surface area contributed by atoms with E-state index in [0.29, 0.717) is 24.1 Å². The van der Waals surface area contributed by atoms with Crippen molar-refractivity contribution in [2.45, 2.75) is 19.4 Å². The van der Waals surface area contributed by atoms with Crippen LogP contribution in [0.4, 0.5) is 5.13 Å². The van der Waals surface area contributed by atoms with Crippen molar-refractivity contribution in [3.8, 4) is 0 Å². The average molecular weight is 336 g/mol. The Balaban J connectivity index is 1.57. The van der Waals surface area contributed by atoms with Gasteiger partial charge in [-0.2, -0.15) is 0 Å². The molecule has 1 atom stereocenters. The summed E-state index contributed by atoms with van der Waals surface area (Å²) in [5, 5.41) is 14.1. The fraction of sp³-hybridized carbons (Fsp3) is 0.429. The van der Waals surface area contributed by atoms with Crippen molar-refractivity contribution >= 4 is 28.3 Å². The van der Waals surface area contributed by atoms with E-state index in [1.54, 1.807) is 6.20 Å². The Morgan fingerprint density at radius 3 is 3.09 bits per heavy atom. The number of hydrogen-bond acceptors (Lipinski definition) is 7. The summed E-state index contributed by atoms with van der Waals surface area (Å²) < 4.78 is 5.17. The van der Waals surface area contributed by atoms with Crippen LogP contribution >= 0.6 is 11.3 Å². The molecule has 23 heavy (non-hydrogen) atoms. The zero-order valence-electron chi connectivity index (χ0n) is 12.3. The van der Waals surface area contributed by atoms with Crippen molar-refractivity contribution in [3.63, 3.8) is 0 Å². The number of carbonyl (C=O) groups is 2. The Labute approximate surface area is 136 Å². The van der Waals surface area contributed by atoms with Gasteiger partial charge in [0, 0.05) is 18.1 Å². The number of rotatable bonds is 5. The van der Waals surface area contributed by atoms with Gasteiger partial charge in [-0.1, -0.05) is 0 Å². The summed E-state index contributed by atoms with van der Waals surface area (Å²) in [5.41, 5.74) is -0.102. The summed E-state index contributed by atoms with van der Waals surface area (Å²) in [5.74, 6) is -0.924. The normalized spacial score (nSPS) is 18.7. The molecule has 1 amide bonds. The van der Waals surface area contributed by atoms with Gasteiger partial charge in [0.15, 0.2) is 10.8 Å². The molecule has 0 radical (unpaired) electrons. The zero-order chi connectivity index (χ0) is 16.2. The molecule has 1 aliphatic rings. The highest BCUT2D eigenvalue weighted by Crippen LogP contribution is 2.21. The maximum absolute atomic E-state index is 12.3. The van der Waals surface area contributed by atoms with Crippen LogP contribution in [0.5, 0.6) is 0 Å². The van der Waals surface area contributed by atoms with E-state index in [1.165, 1.54) is 11.3 Å². The second-order valence-corrected chi connectivity index (χ2v) is 6.23. The molecule has 0 saturated carbocycles. The van der Waals surface area contributed by atoms with E-state index in [0.717, 1.165) is 25.6 Å². The van der Waals surface area contributed by atoms with E-state index in [2.05, 4.69) is 15.3 Å². The molecule has 3 rings (SSSR count). The first-order valence-corrected chi connectivity index (χ1v) is 8.10. The topological polar surface area (TPSA) is 109 Å². The number of aromatic nitrogens is 2. The van der Waals surface area contributed by atoms with Gasteiger partial charge in [-0.15, -0.1) is 11.3 Å². The van der Waals surface area contributed by atoms with Crippen molar-refractivity contribution in [2.75, 3.05) is 18.4 Å². The molecule has 0 spiro atoms. The van der Waals surface area contributed by atoms with Gasteiger partial charge < -0.3 is 14.8 Å². The highest BCUT2D eigenvalue weighted by Gasteiger charge is 2.27. The number of nitrogens with one attached hydrogen (secondary N) is 1. The molecule has 2 aromatic rings. The predicted octanol–water partition coefficient (Wildman–Crippen LogP) is 1.68. The summed E-state index contributed by atoms with van der Waals surface area (Å²) in [6, 6.07) is 0. The van der Waals surface area contributed by atoms with E-state index < -0.39 is 5.97 Å². The minimum atomic E-state index is -1.11. The lowest BCUT2D eigenvalue weighted by molar-refractivity contribution is -0.121. The molecule has 1 unspecified atom stereocenters. The maximum atomic E-state index is 12.3. The number of carboxylic acid groups (broad SMARTS) is 1. The standard InChI is InChI=1S/C14H16N4O4S/c19-12(17-14-15-3-5-23-14)9-2-1-4-18(6-9)7-11-16-10(8-22-11)13(20)21/h3,5,8-9H,1-2,4,6-7H2,(H,20,21)(H,15,17,19). The maximum Gasteiger partial charge on any atom is 0.357 e. The van der Waals surface area contributed by atoms with E-state index >= 15 is 0 Å². The molecule has 0 aliphatic carbocycles. The molecule has 122 valence electrons. The number of oxazole rings is 1. The lowest BCUT2D eigenvalue weighted by atomic mass is 9.97. The van der Waals surface area contributed by atoms with E-state index in [1.807, 2.05) is 10.3 Å². The SMILES string of the molecule is O=C(O)c1coc(CN2CCCC(C(=O)Nc3nccs3)C2)n1. The number of likely N-dealkylation sites (tertiary alicyclic amines) is 1. The van der Waals surface area contributed by atoms with Crippen molar-refractivity contribution in [2.24, 2.45) is 5.92 Å². The molecule has 9 heteroatoms. The minimum Gasteiger partial charge on any atom is -0.476 e. The molecule has 2 aromatic heterocycles. The first-order chi connectivity index (χ1) is 11.1. The largest absolute Gasteiger partial charge is 0.476 e. The van der Waals surface area contributed by atoms with Crippen LogP contribution in [0.1, 0.15) is 29.2 Å². The van der Waals surface area contributed by atoms with Gasteiger partial charge in [0.05, 0.1) is 12.5 Å². The van der Waals surface area contributed by atoms with E-state index in [4.69, 9.17) is 9.52 Å². The Morgan fingerprint density at radius 1 is 1.52 bits per heavy atom. The first kappa shape index (κ1) is 15.6. The van der Waals surface area contributed by atoms with Gasteiger partial charge in [-0.25, -0.2) is 14.8 Å². The molecular formula is C14H16N4O4S. The zero-order valence-corrected chi connectivity index (χ0v) is 13.1. The quantitative estimate of drug-likeness (QED) is 0.855. The van der Waals surface area contributed by atoms with Gasteiger partial charge in [-0.05, 0) is 19.4 Å². The summed E-state index contributed by atoms with van der Waals surface area (Å²) >= 11 is 1.39. The molecule has 8 nitrogen and oxygen atoms in total. The number of carboxylic acids is 1. The lowest BCUT2D eigenvalue weighted by Crippen LogP contribution is -2.40. The monoisotopic (exact) mass is 336 g/mol. The van der Waals surface area contributed by atoms with Gasteiger partial charge in [0.2, 0.25) is 11.8 Å². The third kappa shape index (κ3) is 3.93. The number of aromatic carboxylic acids is 1. The predicted molar refractivity (Wildman–Crippen MR) is 82.2 cm³/mol. The van der Waals surface area contributed by atoms with Crippen LogP contribution in [0.25, 0.3) is 0 Å². The van der Waals surface area contributed by atoms with E-state index in [-0.39, 0.29) is 17.5 Å². The summed E-state index contributed by atoms with van der Waals surface area (Å²) in [6.45, 7) is 1.81. The number of amides is 1. The molecule has 3 heterocycles. The first-order valence-electron chi connectivity index (χ1n) is 7.22. The highest BCUT2D eigenvalue weighted by atomic mass is 32.1. The molecule has 1 fully saturated rings. The Morgan fingerprint density at radius 2 is 2.39 bits per heavy atom. The Bertz CT molecular complexity index is 685. The number of carbonyl (C=O) groups excluding carboxylic acids is 1. The number of thiazole rings is 1. The molecule has 0 bridgehead atoms. The number of hydrogen-bond donors (Lipinski definition) is 2. The van der Waals surface area contributed by atoms with E-state index in [9.17, 15) is 9.59 Å². The van der Waals surface area contributed by atoms with Crippen LogP contribution in [0, 0.1) is 5.92 Å². The molecule has 2 N–H and O–H groups in total. The van der Waals surface area contributed by atoms with Crippen LogP contribution in [-0.2, 0) is 11.3 Å². The minimum absolute atomic E-state index is 0.0386. The molecular weight excluding hydrogens is 320 g/mol. The number of anilines is 1. The fourth-order valence-corrected chi connectivity index (χ4v) is 3.11. The van der Waals surface area contributed by atoms with Crippen molar-refractivity contribution in [1.82, 2.24) is 14.9 Å².